The molecule has 0 aromatic carbocycles. The van der Waals surface area contributed by atoms with Gasteiger partial charge >= 0.3 is 0 Å². The Kier molecular flexibility index (Phi) is 3.24. The van der Waals surface area contributed by atoms with E-state index in [0.717, 1.165) is 12.2 Å². The maximum atomic E-state index is 11.4. The number of carbonyl (C=O) groups excluding carboxylic acids is 1. The van der Waals surface area contributed by atoms with Crippen molar-refractivity contribution in [2.75, 3.05) is 19.8 Å². The summed E-state index contributed by atoms with van der Waals surface area (Å²) in [6.45, 7) is 0. The smallest absolute Gasteiger partial charge is 0.235 e. The maximum absolute atomic E-state index is 11.4. The molecule has 1 unspecified atom stereocenters. The molecule has 0 spiro atoms. The largest absolute Gasteiger partial charge is 0.348 e. The van der Waals surface area contributed by atoms with Crippen LogP contribution in [0.1, 0.15) is 19.3 Å². The van der Waals surface area contributed by atoms with E-state index < -0.39 is 0 Å². The lowest BCUT2D eigenvalue weighted by atomic mass is 10.2. The maximum Gasteiger partial charge on any atom is 0.235 e. The number of hydrogen-bond donors (Lipinski definition) is 0. The zero-order valence-electron chi connectivity index (χ0n) is 7.17. The predicted octanol–water partition coefficient (Wildman–Crippen LogP) is 1.36. The average Bonchev–Trinajstić information content (AvgIpc) is 2.05. The fraction of sp³-hybridized carbons (Fsp3) is 0.875. The van der Waals surface area contributed by atoms with E-state index in [0.29, 0.717) is 0 Å². The normalized spacial score (nSPS) is 24.7. The van der Waals surface area contributed by atoms with Crippen LogP contribution in [0.15, 0.2) is 0 Å². The Labute approximate surface area is 72.3 Å². The van der Waals surface area contributed by atoms with Crippen molar-refractivity contribution >= 4 is 17.7 Å². The van der Waals surface area contributed by atoms with Gasteiger partial charge in [0.05, 0.1) is 5.25 Å². The second kappa shape index (κ2) is 4.00. The first kappa shape index (κ1) is 8.91. The van der Waals surface area contributed by atoms with Gasteiger partial charge in [-0.25, -0.2) is 0 Å². The molecule has 64 valence electrons. The van der Waals surface area contributed by atoms with Gasteiger partial charge in [-0.3, -0.25) is 4.79 Å². The molecule has 2 nitrogen and oxygen atoms in total. The van der Waals surface area contributed by atoms with E-state index in [1.54, 1.807) is 4.90 Å². The van der Waals surface area contributed by atoms with Crippen molar-refractivity contribution in [1.29, 1.82) is 0 Å². The first-order chi connectivity index (χ1) is 5.22. The minimum atomic E-state index is 0.249. The van der Waals surface area contributed by atoms with Gasteiger partial charge in [-0.2, -0.15) is 0 Å². The summed E-state index contributed by atoms with van der Waals surface area (Å²) in [5.41, 5.74) is 0. The zero-order valence-corrected chi connectivity index (χ0v) is 7.99. The molecule has 0 aliphatic carbocycles. The van der Waals surface area contributed by atoms with Crippen molar-refractivity contribution in [3.05, 3.63) is 0 Å². The number of thioether (sulfide) groups is 1. The summed E-state index contributed by atoms with van der Waals surface area (Å²) in [6.07, 6.45) is 3.57. The van der Waals surface area contributed by atoms with Crippen molar-refractivity contribution in [1.82, 2.24) is 4.90 Å². The highest BCUT2D eigenvalue weighted by Gasteiger charge is 2.22. The number of hydrogen-bond acceptors (Lipinski definition) is 2. The van der Waals surface area contributed by atoms with Gasteiger partial charge in [-0.15, -0.1) is 11.8 Å². The molecule has 1 fully saturated rings. The van der Waals surface area contributed by atoms with Crippen LogP contribution in [0, 0.1) is 0 Å². The fourth-order valence-corrected chi connectivity index (χ4v) is 2.57. The van der Waals surface area contributed by atoms with E-state index in [2.05, 4.69) is 0 Å². The molecule has 1 aliphatic heterocycles. The summed E-state index contributed by atoms with van der Waals surface area (Å²) in [5, 5.41) is 0.249. The van der Waals surface area contributed by atoms with Crippen LogP contribution in [0.2, 0.25) is 0 Å². The van der Waals surface area contributed by atoms with Gasteiger partial charge in [0, 0.05) is 14.1 Å². The van der Waals surface area contributed by atoms with Crippen LogP contribution in [-0.2, 0) is 4.79 Å². The molecule has 1 heterocycles. The predicted molar refractivity (Wildman–Crippen MR) is 48.8 cm³/mol. The van der Waals surface area contributed by atoms with Gasteiger partial charge in [0.2, 0.25) is 5.91 Å². The molecule has 0 saturated carbocycles. The number of carbonyl (C=O) groups is 1. The second-order valence-electron chi connectivity index (χ2n) is 3.09. The molecule has 1 rings (SSSR count). The molecule has 11 heavy (non-hydrogen) atoms. The molecule has 1 aliphatic rings. The highest BCUT2D eigenvalue weighted by Crippen LogP contribution is 2.25. The SMILES string of the molecule is CN(C)C(=O)C1CCCCS1. The van der Waals surface area contributed by atoms with Gasteiger partial charge in [-0.1, -0.05) is 6.42 Å². The lowest BCUT2D eigenvalue weighted by Gasteiger charge is -2.23. The first-order valence-electron chi connectivity index (χ1n) is 4.04. The third-order valence-electron chi connectivity index (χ3n) is 1.90. The van der Waals surface area contributed by atoms with E-state index in [9.17, 15) is 4.79 Å². The van der Waals surface area contributed by atoms with Gasteiger partial charge in [-0.05, 0) is 18.6 Å². The van der Waals surface area contributed by atoms with Gasteiger partial charge in [0.15, 0.2) is 0 Å². The average molecular weight is 173 g/mol. The molecule has 0 aromatic heterocycles. The molecular weight excluding hydrogens is 158 g/mol. The van der Waals surface area contributed by atoms with E-state index in [4.69, 9.17) is 0 Å². The Bertz CT molecular complexity index is 141. The van der Waals surface area contributed by atoms with Gasteiger partial charge < -0.3 is 4.90 Å². The highest BCUT2D eigenvalue weighted by molar-refractivity contribution is 8.00. The van der Waals surface area contributed by atoms with Crippen molar-refractivity contribution in [3.63, 3.8) is 0 Å². The fourth-order valence-electron chi connectivity index (χ4n) is 1.22. The minimum Gasteiger partial charge on any atom is -0.348 e. The molecule has 3 heteroatoms. The number of amides is 1. The minimum absolute atomic E-state index is 0.249. The van der Waals surface area contributed by atoms with Crippen molar-refractivity contribution in [3.8, 4) is 0 Å². The zero-order chi connectivity index (χ0) is 8.27. The van der Waals surface area contributed by atoms with Crippen molar-refractivity contribution < 1.29 is 4.79 Å². The first-order valence-corrected chi connectivity index (χ1v) is 5.09. The summed E-state index contributed by atoms with van der Waals surface area (Å²) >= 11 is 1.81. The summed E-state index contributed by atoms with van der Waals surface area (Å²) in [4.78, 5) is 13.1. The molecular formula is C8H15NOS. The van der Waals surface area contributed by atoms with Crippen molar-refractivity contribution in [2.45, 2.75) is 24.5 Å². The van der Waals surface area contributed by atoms with Crippen LogP contribution in [0.25, 0.3) is 0 Å². The van der Waals surface area contributed by atoms with Crippen LogP contribution in [0.4, 0.5) is 0 Å². The summed E-state index contributed by atoms with van der Waals surface area (Å²) in [6, 6.07) is 0. The summed E-state index contributed by atoms with van der Waals surface area (Å²) < 4.78 is 0. The van der Waals surface area contributed by atoms with Gasteiger partial charge in [0.1, 0.15) is 0 Å². The van der Waals surface area contributed by atoms with Crippen LogP contribution in [0.5, 0.6) is 0 Å². The highest BCUT2D eigenvalue weighted by atomic mass is 32.2. The van der Waals surface area contributed by atoms with Crippen LogP contribution in [-0.4, -0.2) is 35.9 Å². The van der Waals surface area contributed by atoms with E-state index >= 15 is 0 Å². The molecule has 0 bridgehead atoms. The van der Waals surface area contributed by atoms with Crippen LogP contribution >= 0.6 is 11.8 Å². The molecule has 1 amide bonds. The van der Waals surface area contributed by atoms with E-state index in [1.807, 2.05) is 25.9 Å². The lowest BCUT2D eigenvalue weighted by Crippen LogP contribution is -2.33. The van der Waals surface area contributed by atoms with Crippen LogP contribution in [0.3, 0.4) is 0 Å². The van der Waals surface area contributed by atoms with Crippen molar-refractivity contribution in [2.24, 2.45) is 0 Å². The molecule has 1 saturated heterocycles. The van der Waals surface area contributed by atoms with Crippen LogP contribution < -0.4 is 0 Å². The monoisotopic (exact) mass is 173 g/mol. The third kappa shape index (κ3) is 2.40. The summed E-state index contributed by atoms with van der Waals surface area (Å²) in [5.74, 6) is 1.44. The summed E-state index contributed by atoms with van der Waals surface area (Å²) in [7, 11) is 3.66. The Morgan fingerprint density at radius 1 is 1.45 bits per heavy atom. The third-order valence-corrected chi connectivity index (χ3v) is 3.26. The Morgan fingerprint density at radius 3 is 2.64 bits per heavy atom. The van der Waals surface area contributed by atoms with E-state index in [-0.39, 0.29) is 11.2 Å². The van der Waals surface area contributed by atoms with E-state index in [1.165, 1.54) is 12.8 Å². The number of nitrogens with zero attached hydrogens (tertiary/aromatic N) is 1. The quantitative estimate of drug-likeness (QED) is 0.597. The topological polar surface area (TPSA) is 20.3 Å². The lowest BCUT2D eigenvalue weighted by molar-refractivity contribution is -0.128. The second-order valence-corrected chi connectivity index (χ2v) is 4.40. The standard InChI is InChI=1S/C8H15NOS/c1-9(2)8(10)7-5-3-4-6-11-7/h7H,3-6H2,1-2H3. The Morgan fingerprint density at radius 2 is 2.18 bits per heavy atom. The number of rotatable bonds is 1. The Balaban J connectivity index is 2.39. The van der Waals surface area contributed by atoms with Gasteiger partial charge in [0.25, 0.3) is 0 Å². The molecule has 0 N–H and O–H groups in total. The Hall–Kier alpha value is -0.180. The molecule has 1 atom stereocenters. The molecule has 0 aromatic rings. The molecule has 0 radical (unpaired) electrons.